The molecular formula is C12H19N3O4S. The van der Waals surface area contributed by atoms with Gasteiger partial charge in [-0.05, 0) is 19.9 Å². The van der Waals surface area contributed by atoms with Crippen LogP contribution in [0.4, 0.5) is 5.82 Å². The van der Waals surface area contributed by atoms with E-state index in [-0.39, 0.29) is 30.0 Å². The van der Waals surface area contributed by atoms with Crippen molar-refractivity contribution >= 4 is 21.6 Å². The Kier molecular flexibility index (Phi) is 4.44. The molecule has 1 unspecified atom stereocenters. The van der Waals surface area contributed by atoms with Crippen molar-refractivity contribution in [2.45, 2.75) is 26.3 Å². The second-order valence-electron chi connectivity index (χ2n) is 4.99. The minimum absolute atomic E-state index is 0.0743. The molecule has 0 saturated carbocycles. The number of rotatable bonds is 5. The van der Waals surface area contributed by atoms with E-state index >= 15 is 0 Å². The molecule has 7 nitrogen and oxygen atoms in total. The number of sulfone groups is 1. The molecule has 1 aliphatic rings. The Morgan fingerprint density at radius 2 is 2.35 bits per heavy atom. The normalized spacial score (nSPS) is 21.2. The van der Waals surface area contributed by atoms with Gasteiger partial charge in [-0.2, -0.15) is 0 Å². The molecule has 1 N–H and O–H groups in total. The summed E-state index contributed by atoms with van der Waals surface area (Å²) in [5.74, 6) is 1.12. The second kappa shape index (κ2) is 5.92. The molecule has 1 aromatic heterocycles. The van der Waals surface area contributed by atoms with Crippen molar-refractivity contribution in [1.82, 2.24) is 10.1 Å². The lowest BCUT2D eigenvalue weighted by Crippen LogP contribution is -2.41. The van der Waals surface area contributed by atoms with Crippen molar-refractivity contribution in [1.29, 1.82) is 0 Å². The average Bonchev–Trinajstić information content (AvgIpc) is 2.92. The smallest absolute Gasteiger partial charge is 0.239 e. The van der Waals surface area contributed by atoms with Crippen LogP contribution in [-0.4, -0.2) is 55.0 Å². The molecule has 1 fully saturated rings. The lowest BCUT2D eigenvalue weighted by Gasteiger charge is -2.25. The summed E-state index contributed by atoms with van der Waals surface area (Å²) in [6, 6.07) is 1.56. The number of nitrogens with one attached hydrogen (secondary N) is 1. The molecule has 0 bridgehead atoms. The first kappa shape index (κ1) is 15.0. The van der Waals surface area contributed by atoms with E-state index in [4.69, 9.17) is 4.52 Å². The van der Waals surface area contributed by atoms with Gasteiger partial charge in [-0.25, -0.2) is 8.42 Å². The quantitative estimate of drug-likeness (QED) is 0.848. The number of nitrogens with zero attached hydrogens (tertiary/aromatic N) is 2. The van der Waals surface area contributed by atoms with E-state index in [1.54, 1.807) is 13.0 Å². The fourth-order valence-corrected chi connectivity index (χ4v) is 4.12. The minimum atomic E-state index is -2.94. The predicted molar refractivity (Wildman–Crippen MR) is 74.2 cm³/mol. The number of likely N-dealkylation sites (N-methyl/N-ethyl adjacent to an activating group) is 1. The third kappa shape index (κ3) is 3.80. The van der Waals surface area contributed by atoms with Crippen LogP contribution in [0.2, 0.25) is 0 Å². The van der Waals surface area contributed by atoms with Gasteiger partial charge in [-0.1, -0.05) is 12.1 Å². The van der Waals surface area contributed by atoms with Crippen LogP contribution in [0.15, 0.2) is 10.6 Å². The second-order valence-corrected chi connectivity index (χ2v) is 7.22. The first-order valence-electron chi connectivity index (χ1n) is 6.57. The summed E-state index contributed by atoms with van der Waals surface area (Å²) >= 11 is 0. The van der Waals surface area contributed by atoms with Crippen molar-refractivity contribution in [3.63, 3.8) is 0 Å². The Labute approximate surface area is 118 Å². The Bertz CT molecular complexity index is 581. The van der Waals surface area contributed by atoms with E-state index in [0.717, 1.165) is 0 Å². The van der Waals surface area contributed by atoms with Crippen molar-refractivity contribution in [3.05, 3.63) is 11.8 Å². The molecule has 0 radical (unpaired) electrons. The predicted octanol–water partition coefficient (Wildman–Crippen LogP) is 0.431. The van der Waals surface area contributed by atoms with Crippen LogP contribution < -0.4 is 5.32 Å². The molecule has 1 saturated heterocycles. The maximum absolute atomic E-state index is 11.9. The van der Waals surface area contributed by atoms with Crippen LogP contribution in [-0.2, 0) is 14.6 Å². The summed E-state index contributed by atoms with van der Waals surface area (Å²) in [6.45, 7) is 4.44. The van der Waals surface area contributed by atoms with Gasteiger partial charge in [0.1, 0.15) is 5.76 Å². The lowest BCUT2D eigenvalue weighted by atomic mass is 10.2. The number of hydrogen-bond acceptors (Lipinski definition) is 6. The van der Waals surface area contributed by atoms with E-state index in [2.05, 4.69) is 10.5 Å². The van der Waals surface area contributed by atoms with Gasteiger partial charge in [0, 0.05) is 12.1 Å². The molecule has 20 heavy (non-hydrogen) atoms. The van der Waals surface area contributed by atoms with E-state index in [1.807, 2.05) is 11.8 Å². The van der Waals surface area contributed by atoms with E-state index < -0.39 is 9.84 Å². The van der Waals surface area contributed by atoms with Gasteiger partial charge >= 0.3 is 0 Å². The third-order valence-electron chi connectivity index (χ3n) is 3.37. The number of aromatic nitrogens is 1. The Balaban J connectivity index is 1.91. The topological polar surface area (TPSA) is 92.5 Å². The highest BCUT2D eigenvalue weighted by atomic mass is 32.2. The molecular weight excluding hydrogens is 282 g/mol. The standard InChI is InChI=1S/C12H19N3O4S/c1-3-15(10-4-5-20(17,18)8-10)7-12(16)13-11-6-9(2)19-14-11/h6,10H,3-5,7-8H2,1-2H3,(H,13,14,16). The molecule has 0 spiro atoms. The van der Waals surface area contributed by atoms with E-state index in [1.165, 1.54) is 0 Å². The van der Waals surface area contributed by atoms with E-state index in [9.17, 15) is 13.2 Å². The zero-order valence-electron chi connectivity index (χ0n) is 11.6. The van der Waals surface area contributed by atoms with Crippen molar-refractivity contribution < 1.29 is 17.7 Å². The van der Waals surface area contributed by atoms with Crippen molar-refractivity contribution in [2.75, 3.05) is 29.9 Å². The number of carbonyl (C=O) groups is 1. The minimum Gasteiger partial charge on any atom is -0.360 e. The average molecular weight is 301 g/mol. The van der Waals surface area contributed by atoms with Gasteiger partial charge in [0.2, 0.25) is 5.91 Å². The Hall–Kier alpha value is -1.41. The summed E-state index contributed by atoms with van der Waals surface area (Å²) in [5.41, 5.74) is 0. The first-order valence-corrected chi connectivity index (χ1v) is 8.39. The largest absolute Gasteiger partial charge is 0.360 e. The van der Waals surface area contributed by atoms with Crippen LogP contribution in [0, 0.1) is 6.92 Å². The highest BCUT2D eigenvalue weighted by Gasteiger charge is 2.32. The summed E-state index contributed by atoms with van der Waals surface area (Å²) < 4.78 is 27.8. The number of carbonyl (C=O) groups excluding carboxylic acids is 1. The maximum Gasteiger partial charge on any atom is 0.239 e. The summed E-state index contributed by atoms with van der Waals surface area (Å²) in [7, 11) is -2.94. The molecule has 8 heteroatoms. The lowest BCUT2D eigenvalue weighted by molar-refractivity contribution is -0.117. The third-order valence-corrected chi connectivity index (χ3v) is 5.12. The molecule has 112 valence electrons. The van der Waals surface area contributed by atoms with Crippen molar-refractivity contribution in [2.24, 2.45) is 0 Å². The summed E-state index contributed by atoms with van der Waals surface area (Å²) in [5, 5.41) is 6.32. The van der Waals surface area contributed by atoms with Crippen LogP contribution in [0.3, 0.4) is 0 Å². The van der Waals surface area contributed by atoms with Crippen molar-refractivity contribution in [3.8, 4) is 0 Å². The fourth-order valence-electron chi connectivity index (χ4n) is 2.35. The highest BCUT2D eigenvalue weighted by Crippen LogP contribution is 2.17. The Morgan fingerprint density at radius 3 is 2.85 bits per heavy atom. The zero-order chi connectivity index (χ0) is 14.8. The van der Waals surface area contributed by atoms with Crippen LogP contribution in [0.1, 0.15) is 19.1 Å². The molecule has 0 aliphatic carbocycles. The molecule has 1 aliphatic heterocycles. The van der Waals surface area contributed by atoms with Crippen LogP contribution >= 0.6 is 0 Å². The monoisotopic (exact) mass is 301 g/mol. The van der Waals surface area contributed by atoms with Gasteiger partial charge in [0.25, 0.3) is 0 Å². The number of hydrogen-bond donors (Lipinski definition) is 1. The molecule has 2 rings (SSSR count). The van der Waals surface area contributed by atoms with Gasteiger partial charge < -0.3 is 9.84 Å². The molecule has 1 aromatic rings. The fraction of sp³-hybridized carbons (Fsp3) is 0.667. The summed E-state index contributed by atoms with van der Waals surface area (Å²) in [6.07, 6.45) is 0.590. The van der Waals surface area contributed by atoms with Gasteiger partial charge in [0.15, 0.2) is 15.7 Å². The zero-order valence-corrected chi connectivity index (χ0v) is 12.4. The number of aryl methyl sites for hydroxylation is 1. The number of amides is 1. The van der Waals surface area contributed by atoms with Crippen LogP contribution in [0.5, 0.6) is 0 Å². The highest BCUT2D eigenvalue weighted by molar-refractivity contribution is 7.91. The van der Waals surface area contributed by atoms with Gasteiger partial charge in [-0.3, -0.25) is 9.69 Å². The van der Waals surface area contributed by atoms with E-state index in [0.29, 0.717) is 24.5 Å². The SMILES string of the molecule is CCN(CC(=O)Nc1cc(C)on1)C1CCS(=O)(=O)C1. The number of anilines is 1. The Morgan fingerprint density at radius 1 is 1.60 bits per heavy atom. The van der Waals surface area contributed by atoms with Gasteiger partial charge in [0.05, 0.1) is 18.1 Å². The molecule has 1 atom stereocenters. The summed E-state index contributed by atoms with van der Waals surface area (Å²) in [4.78, 5) is 13.8. The maximum atomic E-state index is 11.9. The first-order chi connectivity index (χ1) is 9.39. The molecule has 1 amide bonds. The van der Waals surface area contributed by atoms with Crippen LogP contribution in [0.25, 0.3) is 0 Å². The van der Waals surface area contributed by atoms with Gasteiger partial charge in [-0.15, -0.1) is 0 Å². The molecule has 2 heterocycles. The molecule has 0 aromatic carbocycles.